The normalized spacial score (nSPS) is 23.0. The van der Waals surface area contributed by atoms with Gasteiger partial charge in [-0.2, -0.15) is 0 Å². The van der Waals surface area contributed by atoms with Gasteiger partial charge >= 0.3 is 47.6 Å². The molecule has 2 spiro atoms. The van der Waals surface area contributed by atoms with Crippen molar-refractivity contribution < 1.29 is 55.4 Å². The van der Waals surface area contributed by atoms with E-state index in [0.717, 1.165) is 113 Å². The molecule has 2 amide bonds. The summed E-state index contributed by atoms with van der Waals surface area (Å²) in [5, 5.41) is 34.5. The predicted octanol–water partition coefficient (Wildman–Crippen LogP) is 12.2. The third-order valence-corrected chi connectivity index (χ3v) is 16.1. The minimum atomic E-state index is -1.03. The molecule has 0 unspecified atom stereocenters. The van der Waals surface area contributed by atoms with Crippen LogP contribution in [0.3, 0.4) is 0 Å². The van der Waals surface area contributed by atoms with E-state index in [1.165, 1.54) is 44.9 Å². The molecule has 0 atom stereocenters. The first kappa shape index (κ1) is 54.0. The lowest BCUT2D eigenvalue weighted by molar-refractivity contribution is -0.142. The molecule has 10 rings (SSSR count). The number of carbonyl (C=O) groups excluding carboxylic acids is 3. The molecule has 4 heterocycles. The van der Waals surface area contributed by atoms with Gasteiger partial charge in [0.2, 0.25) is 0 Å². The van der Waals surface area contributed by atoms with Gasteiger partial charge in [0.05, 0.1) is 30.9 Å². The summed E-state index contributed by atoms with van der Waals surface area (Å²) in [5.41, 5.74) is 4.11. The maximum absolute atomic E-state index is 13.4. The molecule has 0 aliphatic heterocycles. The van der Waals surface area contributed by atoms with Crippen LogP contribution in [-0.4, -0.2) is 66.3 Å². The Kier molecular flexibility index (Phi) is 16.9. The summed E-state index contributed by atoms with van der Waals surface area (Å²) in [6.07, 6.45) is 21.7. The van der Waals surface area contributed by atoms with E-state index < -0.39 is 41.1 Å². The Morgan fingerprint density at radius 2 is 0.935 bits per heavy atom. The molecular formula is C55H60F4N10O8. The van der Waals surface area contributed by atoms with Gasteiger partial charge in [-0.1, -0.05) is 10.2 Å². The molecule has 0 radical (unpaired) electrons. The van der Waals surface area contributed by atoms with Crippen molar-refractivity contribution in [1.82, 2.24) is 30.4 Å². The number of carboxylic acid groups (broad SMARTS) is 1. The maximum atomic E-state index is 13.4. The van der Waals surface area contributed by atoms with Gasteiger partial charge in [0.25, 0.3) is 0 Å². The van der Waals surface area contributed by atoms with Gasteiger partial charge in [0.1, 0.15) is 0 Å². The van der Waals surface area contributed by atoms with E-state index >= 15 is 0 Å². The quantitative estimate of drug-likeness (QED) is 0.0502. The van der Waals surface area contributed by atoms with Crippen LogP contribution in [0.5, 0.6) is 0 Å². The standard InChI is InChI=1S/C28H31F2N5O4.C27H29F2N5O4/c1-38-24(36)14-17-6-10-28(11-7-17)12-8-18(9-13-28)23-5-3-20(16-31-23)32-25(37)26-34-35-27(39-26)33-19-2-4-21(29)22(30)15-19;28-20-3-1-18(14-21(20)29)32-26-34-33-25(38-26)24(37)31-19-2-4-22(30-15-19)17-7-11-27(12-8-17)9-5-16(6-10-27)13-23(35)36/h2-5,15-18H,6-14H2,1H3,(H,32,37)(H,33,35);1-4,14-17H,5-13H2,(H,31,37)(H,32,34)(H,35,36). The number of anilines is 6. The minimum absolute atomic E-state index is 0.108. The largest absolute Gasteiger partial charge is 0.481 e. The summed E-state index contributed by atoms with van der Waals surface area (Å²) in [5.74, 6) is -5.13. The molecule has 5 N–H and O–H groups in total. The van der Waals surface area contributed by atoms with Gasteiger partial charge in [0, 0.05) is 59.6 Å². The molecule has 4 saturated carbocycles. The number of benzene rings is 2. The Balaban J connectivity index is 0.000000188. The minimum Gasteiger partial charge on any atom is -0.481 e. The van der Waals surface area contributed by atoms with Crippen LogP contribution in [0.2, 0.25) is 0 Å². The number of aliphatic carboxylic acids is 1. The second-order valence-electron chi connectivity index (χ2n) is 21.0. The number of carbonyl (C=O) groups is 4. The van der Waals surface area contributed by atoms with Gasteiger partial charge < -0.3 is 39.9 Å². The third kappa shape index (κ3) is 14.0. The first-order valence-electron chi connectivity index (χ1n) is 26.1. The molecule has 77 heavy (non-hydrogen) atoms. The number of carboxylic acids is 1. The molecule has 2 aromatic carbocycles. The third-order valence-electron chi connectivity index (χ3n) is 16.1. The Labute approximate surface area is 441 Å². The summed E-state index contributed by atoms with van der Waals surface area (Å²) in [6.45, 7) is 0. The zero-order chi connectivity index (χ0) is 54.1. The number of nitrogens with zero attached hydrogens (tertiary/aromatic N) is 6. The van der Waals surface area contributed by atoms with Crippen molar-refractivity contribution in [3.63, 3.8) is 0 Å². The van der Waals surface area contributed by atoms with E-state index in [-0.39, 0.29) is 47.6 Å². The zero-order valence-electron chi connectivity index (χ0n) is 42.5. The highest BCUT2D eigenvalue weighted by Gasteiger charge is 2.41. The summed E-state index contributed by atoms with van der Waals surface area (Å²) in [4.78, 5) is 56.8. The molecule has 0 bridgehead atoms. The summed E-state index contributed by atoms with van der Waals surface area (Å²) in [7, 11) is 1.45. The van der Waals surface area contributed by atoms with Crippen molar-refractivity contribution in [3.05, 3.63) is 119 Å². The fourth-order valence-corrected chi connectivity index (χ4v) is 11.5. The number of aromatic nitrogens is 6. The molecule has 4 aliphatic carbocycles. The monoisotopic (exact) mass is 1060 g/mol. The van der Waals surface area contributed by atoms with Crippen molar-refractivity contribution >= 4 is 58.5 Å². The predicted molar refractivity (Wildman–Crippen MR) is 272 cm³/mol. The average molecular weight is 1070 g/mol. The van der Waals surface area contributed by atoms with E-state index in [1.54, 1.807) is 24.5 Å². The molecular weight excluding hydrogens is 1000 g/mol. The van der Waals surface area contributed by atoms with E-state index in [0.29, 0.717) is 52.3 Å². The molecule has 18 nitrogen and oxygen atoms in total. The first-order valence-corrected chi connectivity index (χ1v) is 26.1. The first-order chi connectivity index (χ1) is 37.1. The summed E-state index contributed by atoms with van der Waals surface area (Å²) >= 11 is 0. The fourth-order valence-electron chi connectivity index (χ4n) is 11.5. The number of esters is 1. The number of hydrogen-bond acceptors (Lipinski definition) is 15. The second-order valence-corrected chi connectivity index (χ2v) is 21.0. The van der Waals surface area contributed by atoms with Gasteiger partial charge in [-0.15, -0.1) is 10.2 Å². The molecule has 4 aliphatic rings. The average Bonchev–Trinajstić information content (AvgIpc) is 4.12. The van der Waals surface area contributed by atoms with E-state index in [4.69, 9.17) is 18.7 Å². The number of hydrogen-bond donors (Lipinski definition) is 5. The lowest BCUT2D eigenvalue weighted by Crippen LogP contribution is -2.32. The Morgan fingerprint density at radius 1 is 0.545 bits per heavy atom. The van der Waals surface area contributed by atoms with Crippen molar-refractivity contribution in [1.29, 1.82) is 0 Å². The number of ether oxygens (including phenoxy) is 1. The topological polar surface area (TPSA) is 249 Å². The smallest absolute Gasteiger partial charge is 0.320 e. The summed E-state index contributed by atoms with van der Waals surface area (Å²) < 4.78 is 68.3. The van der Waals surface area contributed by atoms with Gasteiger partial charge in [-0.05, 0) is 174 Å². The van der Waals surface area contributed by atoms with Crippen LogP contribution in [0.4, 0.5) is 52.3 Å². The van der Waals surface area contributed by atoms with Crippen LogP contribution in [0.1, 0.15) is 160 Å². The van der Waals surface area contributed by atoms with Gasteiger partial charge in [0.15, 0.2) is 23.3 Å². The van der Waals surface area contributed by atoms with Crippen LogP contribution in [0.15, 0.2) is 81.9 Å². The maximum Gasteiger partial charge on any atom is 0.320 e. The van der Waals surface area contributed by atoms with Crippen LogP contribution >= 0.6 is 0 Å². The highest BCUT2D eigenvalue weighted by atomic mass is 19.2. The van der Waals surface area contributed by atoms with Crippen LogP contribution in [0.25, 0.3) is 0 Å². The number of amides is 2. The molecule has 0 saturated heterocycles. The highest BCUT2D eigenvalue weighted by Crippen LogP contribution is 2.53. The van der Waals surface area contributed by atoms with E-state index in [9.17, 15) is 36.7 Å². The van der Waals surface area contributed by atoms with E-state index in [1.807, 2.05) is 12.1 Å². The fraction of sp³-hybridized carbons (Fsp3) is 0.455. The number of methoxy groups -OCH3 is 1. The molecule has 6 aromatic rings. The zero-order valence-corrected chi connectivity index (χ0v) is 42.5. The van der Waals surface area contributed by atoms with Crippen LogP contribution in [-0.2, 0) is 14.3 Å². The van der Waals surface area contributed by atoms with Crippen LogP contribution in [0, 0.1) is 45.9 Å². The number of nitrogens with one attached hydrogen (secondary N) is 4. The van der Waals surface area contributed by atoms with Gasteiger partial charge in [-0.25, -0.2) is 17.6 Å². The second kappa shape index (κ2) is 24.0. The Hall–Kier alpha value is -7.78. The summed E-state index contributed by atoms with van der Waals surface area (Å²) in [6, 6.07) is 13.6. The van der Waals surface area contributed by atoms with Crippen molar-refractivity contribution in [3.8, 4) is 0 Å². The highest BCUT2D eigenvalue weighted by molar-refractivity contribution is 6.01. The van der Waals surface area contributed by atoms with Crippen molar-refractivity contribution in [2.45, 2.75) is 127 Å². The molecule has 22 heteroatoms. The number of pyridine rings is 2. The van der Waals surface area contributed by atoms with Gasteiger partial charge in [-0.3, -0.25) is 29.1 Å². The molecule has 406 valence electrons. The number of halogens is 4. The van der Waals surface area contributed by atoms with Crippen molar-refractivity contribution in [2.24, 2.45) is 22.7 Å². The lowest BCUT2D eigenvalue weighted by atomic mass is 9.61. The molecule has 4 fully saturated rings. The SMILES string of the molecule is COC(=O)CC1CCC2(CC1)CCC(c1ccc(NC(=O)c3nnc(Nc4ccc(F)c(F)c4)o3)cn1)CC2.O=C(O)CC1CCC2(CC1)CCC(c1ccc(NC(=O)c3nnc(Nc4ccc(F)c(F)c4)o3)cn1)CC2. The number of rotatable bonds is 14. The Bertz CT molecular complexity index is 3010. The lowest BCUT2D eigenvalue weighted by Gasteiger charge is -2.44. The van der Waals surface area contributed by atoms with Crippen LogP contribution < -0.4 is 21.3 Å². The van der Waals surface area contributed by atoms with E-state index in [2.05, 4.69) is 51.6 Å². The van der Waals surface area contributed by atoms with Crippen molar-refractivity contribution in [2.75, 3.05) is 28.4 Å². The Morgan fingerprint density at radius 3 is 1.30 bits per heavy atom. The molecule has 4 aromatic heterocycles.